The molecular formula is C11H13NO4. The first-order chi connectivity index (χ1) is 7.49. The molecule has 2 rings (SSSR count). The number of amides is 1. The zero-order valence-electron chi connectivity index (χ0n) is 9.10. The van der Waals surface area contributed by atoms with Gasteiger partial charge in [0.1, 0.15) is 5.70 Å². The Bertz CT molecular complexity index is 435. The molecule has 2 atom stereocenters. The fraction of sp³-hybridized carbons (Fsp3) is 0.455. The van der Waals surface area contributed by atoms with Crippen molar-refractivity contribution >= 4 is 11.9 Å². The van der Waals surface area contributed by atoms with E-state index in [0.29, 0.717) is 11.1 Å². The van der Waals surface area contributed by atoms with Crippen molar-refractivity contribution < 1.29 is 19.8 Å². The molecule has 1 amide bonds. The van der Waals surface area contributed by atoms with Crippen LogP contribution in [0.25, 0.3) is 0 Å². The molecule has 0 bridgehead atoms. The predicted octanol–water partition coefficient (Wildman–Crippen LogP) is 0.124. The molecule has 0 aliphatic carbocycles. The third-order valence-corrected chi connectivity index (χ3v) is 3.12. The number of nitrogens with zero attached hydrogens (tertiary/aromatic N) is 1. The molecule has 0 unspecified atom stereocenters. The van der Waals surface area contributed by atoms with Crippen molar-refractivity contribution in [2.75, 3.05) is 6.61 Å². The highest BCUT2D eigenvalue weighted by molar-refractivity contribution is 6.09. The lowest BCUT2D eigenvalue weighted by Crippen LogP contribution is -2.55. The van der Waals surface area contributed by atoms with E-state index in [4.69, 9.17) is 10.2 Å². The van der Waals surface area contributed by atoms with E-state index in [9.17, 15) is 9.59 Å². The molecule has 2 aliphatic rings. The van der Waals surface area contributed by atoms with Crippen molar-refractivity contribution in [2.24, 2.45) is 5.92 Å². The first-order valence-corrected chi connectivity index (χ1v) is 5.08. The standard InChI is InChI=1S/C11H13NO4/c1-5-3-7(11(15)16)12-9(5)8(10(12)14)6(2)4-13/h3,5,9,13H,4H2,1-2H3,(H,15,16)/b8-6+/t5-,9+/m0/s1. The number of fused-ring (bicyclic) bond motifs is 1. The topological polar surface area (TPSA) is 77.8 Å². The van der Waals surface area contributed by atoms with Crippen molar-refractivity contribution in [1.82, 2.24) is 4.90 Å². The van der Waals surface area contributed by atoms with E-state index >= 15 is 0 Å². The van der Waals surface area contributed by atoms with Crippen LogP contribution in [0.4, 0.5) is 0 Å². The van der Waals surface area contributed by atoms with Gasteiger partial charge in [-0.3, -0.25) is 9.69 Å². The number of carboxylic acids is 1. The second-order valence-corrected chi connectivity index (χ2v) is 4.19. The number of rotatable bonds is 2. The number of hydrogen-bond donors (Lipinski definition) is 2. The summed E-state index contributed by atoms with van der Waals surface area (Å²) in [6.45, 7) is 3.39. The van der Waals surface area contributed by atoms with Gasteiger partial charge < -0.3 is 10.2 Å². The maximum Gasteiger partial charge on any atom is 0.352 e. The number of aliphatic hydroxyl groups excluding tert-OH is 1. The van der Waals surface area contributed by atoms with Gasteiger partial charge in [0.05, 0.1) is 12.6 Å². The van der Waals surface area contributed by atoms with Crippen LogP contribution in [0.5, 0.6) is 0 Å². The highest BCUT2D eigenvalue weighted by atomic mass is 16.4. The summed E-state index contributed by atoms with van der Waals surface area (Å²) in [5, 5.41) is 17.9. The minimum absolute atomic E-state index is 0.0136. The zero-order chi connectivity index (χ0) is 12.0. The summed E-state index contributed by atoms with van der Waals surface area (Å²) in [5.74, 6) is -1.39. The Balaban J connectivity index is 2.36. The predicted molar refractivity (Wildman–Crippen MR) is 55.3 cm³/mol. The van der Waals surface area contributed by atoms with Gasteiger partial charge in [0.25, 0.3) is 5.91 Å². The molecule has 0 aromatic rings. The minimum atomic E-state index is -1.08. The third-order valence-electron chi connectivity index (χ3n) is 3.12. The summed E-state index contributed by atoms with van der Waals surface area (Å²) >= 11 is 0. The number of carbonyl (C=O) groups excluding carboxylic acids is 1. The van der Waals surface area contributed by atoms with Gasteiger partial charge in [-0.05, 0) is 18.6 Å². The molecule has 0 spiro atoms. The van der Waals surface area contributed by atoms with Gasteiger partial charge in [0, 0.05) is 11.5 Å². The molecule has 2 N–H and O–H groups in total. The van der Waals surface area contributed by atoms with Crippen LogP contribution < -0.4 is 0 Å². The van der Waals surface area contributed by atoms with Gasteiger partial charge in [-0.2, -0.15) is 0 Å². The van der Waals surface area contributed by atoms with E-state index in [1.165, 1.54) is 4.90 Å². The zero-order valence-corrected chi connectivity index (χ0v) is 9.10. The van der Waals surface area contributed by atoms with Gasteiger partial charge in [-0.25, -0.2) is 4.79 Å². The van der Waals surface area contributed by atoms with E-state index < -0.39 is 5.97 Å². The van der Waals surface area contributed by atoms with E-state index in [1.54, 1.807) is 13.0 Å². The van der Waals surface area contributed by atoms with Crippen molar-refractivity contribution in [3.8, 4) is 0 Å². The molecule has 0 saturated carbocycles. The van der Waals surface area contributed by atoms with Crippen LogP contribution in [-0.2, 0) is 9.59 Å². The SMILES string of the molecule is C/C(CO)=C1\C(=O)N2C(C(=O)O)=C[C@H](C)[C@H]12. The quantitative estimate of drug-likeness (QED) is 0.515. The summed E-state index contributed by atoms with van der Waals surface area (Å²) in [7, 11) is 0. The normalized spacial score (nSPS) is 30.8. The lowest BCUT2D eigenvalue weighted by atomic mass is 9.85. The fourth-order valence-electron chi connectivity index (χ4n) is 2.32. The Morgan fingerprint density at radius 1 is 1.56 bits per heavy atom. The maximum absolute atomic E-state index is 11.8. The van der Waals surface area contributed by atoms with Crippen LogP contribution in [0, 0.1) is 5.92 Å². The number of carbonyl (C=O) groups is 2. The lowest BCUT2D eigenvalue weighted by molar-refractivity contribution is -0.142. The number of carboxylic acid groups (broad SMARTS) is 1. The second kappa shape index (κ2) is 3.45. The smallest absolute Gasteiger partial charge is 0.352 e. The van der Waals surface area contributed by atoms with E-state index in [2.05, 4.69) is 0 Å². The Labute approximate surface area is 92.7 Å². The first-order valence-electron chi connectivity index (χ1n) is 5.08. The van der Waals surface area contributed by atoms with Crippen molar-refractivity contribution in [2.45, 2.75) is 19.9 Å². The Morgan fingerprint density at radius 3 is 2.69 bits per heavy atom. The van der Waals surface area contributed by atoms with Gasteiger partial charge >= 0.3 is 5.97 Å². The largest absolute Gasteiger partial charge is 0.477 e. The molecule has 1 fully saturated rings. The molecular weight excluding hydrogens is 210 g/mol. The van der Waals surface area contributed by atoms with E-state index in [1.807, 2.05) is 6.92 Å². The summed E-state index contributed by atoms with van der Waals surface area (Å²) in [6.07, 6.45) is 1.59. The van der Waals surface area contributed by atoms with Crippen LogP contribution >= 0.6 is 0 Å². The maximum atomic E-state index is 11.8. The molecule has 2 heterocycles. The molecule has 2 aliphatic heterocycles. The summed E-state index contributed by atoms with van der Waals surface area (Å²) in [4.78, 5) is 24.0. The first kappa shape index (κ1) is 10.9. The van der Waals surface area contributed by atoms with Crippen molar-refractivity contribution in [1.29, 1.82) is 0 Å². The molecule has 5 heteroatoms. The third kappa shape index (κ3) is 1.21. The van der Waals surface area contributed by atoms with Gasteiger partial charge in [-0.15, -0.1) is 0 Å². The molecule has 86 valence electrons. The highest BCUT2D eigenvalue weighted by Crippen LogP contribution is 2.42. The fourth-order valence-corrected chi connectivity index (χ4v) is 2.32. The molecule has 16 heavy (non-hydrogen) atoms. The number of hydrogen-bond acceptors (Lipinski definition) is 3. The van der Waals surface area contributed by atoms with Gasteiger partial charge in [0.15, 0.2) is 0 Å². The van der Waals surface area contributed by atoms with Crippen LogP contribution in [0.3, 0.4) is 0 Å². The minimum Gasteiger partial charge on any atom is -0.477 e. The van der Waals surface area contributed by atoms with Crippen LogP contribution in [0.15, 0.2) is 22.9 Å². The van der Waals surface area contributed by atoms with Crippen LogP contribution in [-0.4, -0.2) is 39.6 Å². The molecule has 0 aromatic carbocycles. The number of β-lactam (4-membered cyclic amide) rings is 1. The van der Waals surface area contributed by atoms with Gasteiger partial charge in [0.2, 0.25) is 0 Å². The molecule has 0 aromatic heterocycles. The summed E-state index contributed by atoms with van der Waals surface area (Å²) < 4.78 is 0. The monoisotopic (exact) mass is 223 g/mol. The summed E-state index contributed by atoms with van der Waals surface area (Å²) in [6, 6.07) is -0.203. The average molecular weight is 223 g/mol. The average Bonchev–Trinajstić information content (AvgIpc) is 2.52. The van der Waals surface area contributed by atoms with E-state index in [0.717, 1.165) is 0 Å². The van der Waals surface area contributed by atoms with Gasteiger partial charge in [-0.1, -0.05) is 6.92 Å². The molecule has 0 radical (unpaired) electrons. The molecule has 1 saturated heterocycles. The second-order valence-electron chi connectivity index (χ2n) is 4.19. The van der Waals surface area contributed by atoms with Crippen molar-refractivity contribution in [3.63, 3.8) is 0 Å². The number of aliphatic hydroxyl groups is 1. The highest BCUT2D eigenvalue weighted by Gasteiger charge is 2.52. The van der Waals surface area contributed by atoms with Crippen molar-refractivity contribution in [3.05, 3.63) is 22.9 Å². The Hall–Kier alpha value is -1.62. The van der Waals surface area contributed by atoms with Crippen LogP contribution in [0.2, 0.25) is 0 Å². The molecule has 5 nitrogen and oxygen atoms in total. The van der Waals surface area contributed by atoms with Crippen LogP contribution in [0.1, 0.15) is 13.8 Å². The summed E-state index contributed by atoms with van der Waals surface area (Å²) in [5.41, 5.74) is 1.23. The number of aliphatic carboxylic acids is 1. The Morgan fingerprint density at radius 2 is 2.19 bits per heavy atom. The van der Waals surface area contributed by atoms with E-state index in [-0.39, 0.29) is 30.2 Å². The Kier molecular flexibility index (Phi) is 2.35. The lowest BCUT2D eigenvalue weighted by Gasteiger charge is -2.41.